The highest BCUT2D eigenvalue weighted by Gasteiger charge is 2.15. The van der Waals surface area contributed by atoms with Gasteiger partial charge in [-0.3, -0.25) is 4.79 Å². The van der Waals surface area contributed by atoms with Crippen LogP contribution >= 0.6 is 0 Å². The minimum Gasteiger partial charge on any atom is -0.371 e. The number of hydrogen-bond acceptors (Lipinski definition) is 3. The largest absolute Gasteiger partial charge is 0.371 e. The molecule has 0 radical (unpaired) electrons. The fourth-order valence-electron chi connectivity index (χ4n) is 1.96. The van der Waals surface area contributed by atoms with E-state index in [1.54, 1.807) is 0 Å². The van der Waals surface area contributed by atoms with Crippen molar-refractivity contribution in [2.24, 2.45) is 0 Å². The number of H-pyrrole nitrogens is 1. The van der Waals surface area contributed by atoms with Crippen molar-refractivity contribution in [3.8, 4) is 0 Å². The molecule has 0 fully saturated rings. The van der Waals surface area contributed by atoms with E-state index in [4.69, 9.17) is 4.74 Å². The molecule has 0 amide bonds. The van der Waals surface area contributed by atoms with E-state index in [2.05, 4.69) is 16.9 Å². The highest BCUT2D eigenvalue weighted by atomic mass is 16.5. The molecular weight excluding hydrogens is 216 g/mol. The maximum atomic E-state index is 11.9. The quantitative estimate of drug-likeness (QED) is 0.828. The molecule has 1 heterocycles. The summed E-state index contributed by atoms with van der Waals surface area (Å²) in [7, 11) is 0. The van der Waals surface area contributed by atoms with E-state index in [0.717, 1.165) is 24.1 Å². The first kappa shape index (κ1) is 13.9. The molecule has 1 aromatic rings. The maximum absolute atomic E-state index is 11.9. The number of nitrogens with one attached hydrogen (secondary N) is 1. The number of aromatic nitrogens is 2. The molecule has 1 N–H and O–H groups in total. The van der Waals surface area contributed by atoms with Gasteiger partial charge in [0.25, 0.3) is 5.56 Å². The normalized spacial score (nSPS) is 12.7. The molecule has 0 aliphatic carbocycles. The fourth-order valence-corrected chi connectivity index (χ4v) is 1.96. The summed E-state index contributed by atoms with van der Waals surface area (Å²) in [5, 5.41) is 0. The Kier molecular flexibility index (Phi) is 5.35. The summed E-state index contributed by atoms with van der Waals surface area (Å²) >= 11 is 0. The summed E-state index contributed by atoms with van der Waals surface area (Å²) in [6.45, 7) is 8.52. The van der Waals surface area contributed by atoms with Crippen LogP contribution < -0.4 is 5.56 Å². The van der Waals surface area contributed by atoms with Crippen LogP contribution in [0.1, 0.15) is 56.8 Å². The predicted octanol–water partition coefficient (Wildman–Crippen LogP) is 2.52. The molecule has 1 aromatic heterocycles. The Hall–Kier alpha value is -1.16. The van der Waals surface area contributed by atoms with Gasteiger partial charge in [0.15, 0.2) is 0 Å². The number of aromatic amines is 1. The average molecular weight is 238 g/mol. The van der Waals surface area contributed by atoms with Crippen molar-refractivity contribution < 1.29 is 4.74 Å². The molecule has 1 unspecified atom stereocenters. The van der Waals surface area contributed by atoms with E-state index in [1.165, 1.54) is 0 Å². The molecule has 0 bridgehead atoms. The molecule has 17 heavy (non-hydrogen) atoms. The van der Waals surface area contributed by atoms with Crippen LogP contribution in [-0.4, -0.2) is 16.6 Å². The summed E-state index contributed by atoms with van der Waals surface area (Å²) in [5.41, 5.74) is 1.54. The van der Waals surface area contributed by atoms with Gasteiger partial charge in [-0.1, -0.05) is 20.3 Å². The molecule has 0 aliphatic rings. The third-order valence-electron chi connectivity index (χ3n) is 2.82. The summed E-state index contributed by atoms with van der Waals surface area (Å²) in [5.74, 6) is 0.661. The molecule has 0 aliphatic heterocycles. The number of rotatable bonds is 6. The molecule has 4 heteroatoms. The second-order valence-electron chi connectivity index (χ2n) is 4.10. The number of ether oxygens (including phenoxy) is 1. The third-order valence-corrected chi connectivity index (χ3v) is 2.82. The van der Waals surface area contributed by atoms with Crippen molar-refractivity contribution in [1.82, 2.24) is 9.97 Å². The van der Waals surface area contributed by atoms with Crippen LogP contribution in [0.3, 0.4) is 0 Å². The lowest BCUT2D eigenvalue weighted by Gasteiger charge is -2.16. The number of nitrogens with zero attached hydrogens (tertiary/aromatic N) is 1. The zero-order valence-electron chi connectivity index (χ0n) is 11.2. The Labute approximate surface area is 102 Å². The minimum absolute atomic E-state index is 0.0317. The monoisotopic (exact) mass is 238 g/mol. The topological polar surface area (TPSA) is 55.0 Å². The van der Waals surface area contributed by atoms with Gasteiger partial charge in [-0.15, -0.1) is 0 Å². The van der Waals surface area contributed by atoms with Crippen molar-refractivity contribution >= 4 is 0 Å². The molecular formula is C13H22N2O2. The lowest BCUT2D eigenvalue weighted by molar-refractivity contribution is 0.0490. The number of aryl methyl sites for hydroxylation is 1. The first-order chi connectivity index (χ1) is 8.13. The zero-order chi connectivity index (χ0) is 12.8. The molecule has 1 atom stereocenters. The van der Waals surface area contributed by atoms with E-state index in [0.29, 0.717) is 18.9 Å². The average Bonchev–Trinajstić information content (AvgIpc) is 2.28. The molecule has 1 rings (SSSR count). The Bertz CT molecular complexity index is 406. The smallest absolute Gasteiger partial charge is 0.254 e. The molecule has 0 aromatic carbocycles. The zero-order valence-corrected chi connectivity index (χ0v) is 11.2. The highest BCUT2D eigenvalue weighted by molar-refractivity contribution is 5.16. The van der Waals surface area contributed by atoms with Gasteiger partial charge in [0.05, 0.1) is 0 Å². The molecule has 0 saturated heterocycles. The van der Waals surface area contributed by atoms with Crippen LogP contribution in [0, 0.1) is 6.92 Å². The fraction of sp³-hybridized carbons (Fsp3) is 0.692. The summed E-state index contributed by atoms with van der Waals surface area (Å²) in [6.07, 6.45) is 2.49. The minimum atomic E-state index is -0.0951. The second kappa shape index (κ2) is 6.55. The standard InChI is InChI=1S/C13H22N2O2/c1-5-8-11(17-7-3)12-14-9(4)10(6-2)13(16)15-12/h11H,5-8H2,1-4H3,(H,14,15,16). The lowest BCUT2D eigenvalue weighted by Crippen LogP contribution is -2.21. The Balaban J connectivity index is 3.08. The Morgan fingerprint density at radius 2 is 2.06 bits per heavy atom. The van der Waals surface area contributed by atoms with Gasteiger partial charge >= 0.3 is 0 Å². The van der Waals surface area contributed by atoms with Crippen LogP contribution in [0.2, 0.25) is 0 Å². The van der Waals surface area contributed by atoms with Gasteiger partial charge < -0.3 is 9.72 Å². The van der Waals surface area contributed by atoms with Gasteiger partial charge in [-0.05, 0) is 26.7 Å². The van der Waals surface area contributed by atoms with Crippen molar-refractivity contribution in [3.05, 3.63) is 27.4 Å². The van der Waals surface area contributed by atoms with E-state index in [-0.39, 0.29) is 11.7 Å². The molecule has 0 saturated carbocycles. The van der Waals surface area contributed by atoms with E-state index >= 15 is 0 Å². The lowest BCUT2D eigenvalue weighted by atomic mass is 10.1. The van der Waals surface area contributed by atoms with Gasteiger partial charge in [0.2, 0.25) is 0 Å². The van der Waals surface area contributed by atoms with Crippen molar-refractivity contribution in [2.75, 3.05) is 6.61 Å². The van der Waals surface area contributed by atoms with E-state index in [1.807, 2.05) is 20.8 Å². The Morgan fingerprint density at radius 3 is 2.53 bits per heavy atom. The van der Waals surface area contributed by atoms with Crippen LogP contribution in [0.4, 0.5) is 0 Å². The third kappa shape index (κ3) is 3.40. The van der Waals surface area contributed by atoms with Crippen molar-refractivity contribution in [3.63, 3.8) is 0 Å². The van der Waals surface area contributed by atoms with Gasteiger partial charge in [-0.25, -0.2) is 4.98 Å². The summed E-state index contributed by atoms with van der Waals surface area (Å²) < 4.78 is 5.62. The summed E-state index contributed by atoms with van der Waals surface area (Å²) in [6, 6.07) is 0. The summed E-state index contributed by atoms with van der Waals surface area (Å²) in [4.78, 5) is 19.2. The van der Waals surface area contributed by atoms with Crippen molar-refractivity contribution in [2.45, 2.75) is 53.1 Å². The maximum Gasteiger partial charge on any atom is 0.254 e. The highest BCUT2D eigenvalue weighted by Crippen LogP contribution is 2.19. The first-order valence-corrected chi connectivity index (χ1v) is 6.35. The molecule has 0 spiro atoms. The SMILES string of the molecule is CCCC(OCC)c1nc(C)c(CC)c(=O)[nH]1. The van der Waals surface area contributed by atoms with E-state index in [9.17, 15) is 4.79 Å². The van der Waals surface area contributed by atoms with Crippen molar-refractivity contribution in [1.29, 1.82) is 0 Å². The van der Waals surface area contributed by atoms with Crippen LogP contribution in [0.25, 0.3) is 0 Å². The predicted molar refractivity (Wildman–Crippen MR) is 68.2 cm³/mol. The van der Waals surface area contributed by atoms with Gasteiger partial charge in [0, 0.05) is 17.9 Å². The van der Waals surface area contributed by atoms with Gasteiger partial charge in [-0.2, -0.15) is 0 Å². The second-order valence-corrected chi connectivity index (χ2v) is 4.10. The van der Waals surface area contributed by atoms with Crippen LogP contribution in [0.5, 0.6) is 0 Å². The number of hydrogen-bond donors (Lipinski definition) is 1. The van der Waals surface area contributed by atoms with E-state index < -0.39 is 0 Å². The Morgan fingerprint density at radius 1 is 1.35 bits per heavy atom. The van der Waals surface area contributed by atoms with Crippen LogP contribution in [-0.2, 0) is 11.2 Å². The molecule has 96 valence electrons. The molecule has 4 nitrogen and oxygen atoms in total. The van der Waals surface area contributed by atoms with Crippen LogP contribution in [0.15, 0.2) is 4.79 Å². The first-order valence-electron chi connectivity index (χ1n) is 6.35. The van der Waals surface area contributed by atoms with Gasteiger partial charge in [0.1, 0.15) is 11.9 Å².